The van der Waals surface area contributed by atoms with Crippen LogP contribution in [-0.2, 0) is 14.8 Å². The Morgan fingerprint density at radius 2 is 1.79 bits per heavy atom. The van der Waals surface area contributed by atoms with E-state index in [0.717, 1.165) is 5.56 Å². The van der Waals surface area contributed by atoms with Crippen LogP contribution in [0.2, 0.25) is 0 Å². The normalized spacial score (nSPS) is 15.1. The lowest BCUT2D eigenvalue weighted by Crippen LogP contribution is -2.51. The highest BCUT2D eigenvalue weighted by Gasteiger charge is 2.37. The van der Waals surface area contributed by atoms with E-state index < -0.39 is 22.0 Å². The molecule has 0 saturated carbocycles. The molecule has 1 aliphatic heterocycles. The predicted octanol–water partition coefficient (Wildman–Crippen LogP) is 3.16. The number of benzene rings is 3. The van der Waals surface area contributed by atoms with Crippen molar-refractivity contribution in [3.63, 3.8) is 0 Å². The number of nitrogens with zero attached hydrogens (tertiary/aromatic N) is 1. The van der Waals surface area contributed by atoms with Gasteiger partial charge in [0.15, 0.2) is 6.10 Å². The van der Waals surface area contributed by atoms with Gasteiger partial charge in [-0.15, -0.1) is 0 Å². The maximum Gasteiger partial charge on any atom is 0.264 e. The number of aryl methyl sites for hydroxylation is 1. The van der Waals surface area contributed by atoms with Crippen LogP contribution >= 0.6 is 0 Å². The number of carbonyl (C=O) groups is 1. The fraction of sp³-hybridized carbons (Fsp3) is 0.240. The minimum atomic E-state index is -3.89. The van der Waals surface area contributed by atoms with Gasteiger partial charge >= 0.3 is 0 Å². The number of methoxy groups -OCH3 is 1. The van der Waals surface area contributed by atoms with Crippen molar-refractivity contribution in [2.75, 3.05) is 31.1 Å². The second kappa shape index (κ2) is 10.0. The molecule has 0 aromatic heterocycles. The molecule has 0 fully saturated rings. The van der Waals surface area contributed by atoms with Crippen LogP contribution in [0.4, 0.5) is 5.69 Å². The van der Waals surface area contributed by atoms with Gasteiger partial charge in [0, 0.05) is 6.07 Å². The highest BCUT2D eigenvalue weighted by Crippen LogP contribution is 2.36. The van der Waals surface area contributed by atoms with Crippen LogP contribution in [0.5, 0.6) is 17.2 Å². The van der Waals surface area contributed by atoms with Crippen molar-refractivity contribution in [2.45, 2.75) is 17.9 Å². The molecule has 8 nitrogen and oxygen atoms in total. The summed E-state index contributed by atoms with van der Waals surface area (Å²) in [6, 6.07) is 20.5. The van der Waals surface area contributed by atoms with Crippen molar-refractivity contribution >= 4 is 21.6 Å². The van der Waals surface area contributed by atoms with E-state index in [-0.39, 0.29) is 24.6 Å². The summed E-state index contributed by atoms with van der Waals surface area (Å²) in [5.41, 5.74) is 1.35. The Bertz CT molecular complexity index is 1260. The maximum absolute atomic E-state index is 13.4. The quantitative estimate of drug-likeness (QED) is 0.496. The third kappa shape index (κ3) is 5.09. The maximum atomic E-state index is 13.4. The molecular weight excluding hydrogens is 456 g/mol. The van der Waals surface area contributed by atoms with Crippen molar-refractivity contribution < 1.29 is 27.4 Å². The molecule has 3 aromatic rings. The number of nitrogens with one attached hydrogen (secondary N) is 1. The topological polar surface area (TPSA) is 94.2 Å². The van der Waals surface area contributed by atoms with E-state index in [2.05, 4.69) is 5.32 Å². The first kappa shape index (κ1) is 23.4. The number of fused-ring (bicyclic) bond motifs is 1. The van der Waals surface area contributed by atoms with Crippen LogP contribution in [-0.4, -0.2) is 47.2 Å². The van der Waals surface area contributed by atoms with Crippen LogP contribution in [0.3, 0.4) is 0 Å². The second-order valence-electron chi connectivity index (χ2n) is 7.74. The van der Waals surface area contributed by atoms with Gasteiger partial charge in [-0.2, -0.15) is 0 Å². The summed E-state index contributed by atoms with van der Waals surface area (Å²) < 4.78 is 44.7. The number of ether oxygens (including phenoxy) is 3. The number of hydrogen-bond acceptors (Lipinski definition) is 6. The molecule has 0 bridgehead atoms. The monoisotopic (exact) mass is 482 g/mol. The van der Waals surface area contributed by atoms with Gasteiger partial charge in [0.05, 0.1) is 30.8 Å². The highest BCUT2D eigenvalue weighted by atomic mass is 32.2. The van der Waals surface area contributed by atoms with E-state index in [1.165, 1.54) is 4.31 Å². The van der Waals surface area contributed by atoms with Gasteiger partial charge in [-0.3, -0.25) is 9.10 Å². The number of rotatable bonds is 8. The van der Waals surface area contributed by atoms with Crippen molar-refractivity contribution in [1.82, 2.24) is 5.32 Å². The Balaban J connectivity index is 1.44. The minimum Gasteiger partial charge on any atom is -0.497 e. The average molecular weight is 483 g/mol. The molecule has 1 aliphatic rings. The molecule has 0 saturated heterocycles. The summed E-state index contributed by atoms with van der Waals surface area (Å²) in [5, 5.41) is 2.76. The molecule has 0 spiro atoms. The molecular formula is C25H26N2O6S. The van der Waals surface area contributed by atoms with E-state index >= 15 is 0 Å². The minimum absolute atomic E-state index is 0.143. The predicted molar refractivity (Wildman–Crippen MR) is 128 cm³/mol. The number of anilines is 1. The first-order chi connectivity index (χ1) is 16.4. The van der Waals surface area contributed by atoms with E-state index in [1.54, 1.807) is 67.8 Å². The molecule has 1 amide bonds. The summed E-state index contributed by atoms with van der Waals surface area (Å²) in [4.78, 5) is 13.0. The Morgan fingerprint density at radius 3 is 2.56 bits per heavy atom. The summed E-state index contributed by atoms with van der Waals surface area (Å²) in [6.45, 7) is 2.20. The Kier molecular flexibility index (Phi) is 6.93. The molecule has 178 valence electrons. The first-order valence-electron chi connectivity index (χ1n) is 10.8. The van der Waals surface area contributed by atoms with E-state index in [9.17, 15) is 13.2 Å². The summed E-state index contributed by atoms with van der Waals surface area (Å²) in [7, 11) is -2.32. The van der Waals surface area contributed by atoms with Crippen molar-refractivity contribution in [3.8, 4) is 17.2 Å². The van der Waals surface area contributed by atoms with Crippen LogP contribution in [0.1, 0.15) is 5.56 Å². The van der Waals surface area contributed by atoms with Crippen LogP contribution in [0.25, 0.3) is 0 Å². The lowest BCUT2D eigenvalue weighted by Gasteiger charge is -2.34. The van der Waals surface area contributed by atoms with Gasteiger partial charge in [0.2, 0.25) is 0 Å². The number of carbonyl (C=O) groups excluding carboxylic acids is 1. The van der Waals surface area contributed by atoms with Gasteiger partial charge < -0.3 is 19.5 Å². The standard InChI is InChI=1S/C25H26N2O6S/c1-18-10-12-21(13-11-18)34(29,30)27-17-24(33-23-9-4-3-8-22(23)27)25(28)26-14-15-32-20-7-5-6-19(16-20)31-2/h3-13,16,24H,14-15,17H2,1-2H3,(H,26,28)/t24-/m0/s1. The van der Waals surface area contributed by atoms with Gasteiger partial charge in [-0.1, -0.05) is 35.9 Å². The Labute approximate surface area is 199 Å². The molecule has 4 rings (SSSR count). The number of sulfonamides is 1. The van der Waals surface area contributed by atoms with Crippen LogP contribution in [0.15, 0.2) is 77.7 Å². The molecule has 0 aliphatic carbocycles. The fourth-order valence-corrected chi connectivity index (χ4v) is 5.03. The molecule has 9 heteroatoms. The SMILES string of the molecule is COc1cccc(OCCNC(=O)[C@@H]2CN(S(=O)(=O)c3ccc(C)cc3)c3ccccc3O2)c1. The molecule has 0 radical (unpaired) electrons. The zero-order chi connectivity index (χ0) is 24.1. The van der Waals surface area contributed by atoms with Gasteiger partial charge in [-0.25, -0.2) is 8.42 Å². The second-order valence-corrected chi connectivity index (χ2v) is 9.60. The highest BCUT2D eigenvalue weighted by molar-refractivity contribution is 7.92. The van der Waals surface area contributed by atoms with E-state index in [4.69, 9.17) is 14.2 Å². The lowest BCUT2D eigenvalue weighted by molar-refractivity contribution is -0.127. The number of amides is 1. The zero-order valence-electron chi connectivity index (χ0n) is 18.9. The molecule has 1 heterocycles. The summed E-state index contributed by atoms with van der Waals surface area (Å²) >= 11 is 0. The molecule has 3 aromatic carbocycles. The van der Waals surface area contributed by atoms with Crippen LogP contribution < -0.4 is 23.8 Å². The van der Waals surface area contributed by atoms with Crippen molar-refractivity contribution in [3.05, 3.63) is 78.4 Å². The van der Waals surface area contributed by atoms with Gasteiger partial charge in [0.1, 0.15) is 23.9 Å². The number of hydrogen-bond donors (Lipinski definition) is 1. The summed E-state index contributed by atoms with van der Waals surface area (Å²) in [6.07, 6.45) is -1.01. The zero-order valence-corrected chi connectivity index (χ0v) is 19.7. The Hall–Kier alpha value is -3.72. The number of para-hydroxylation sites is 2. The molecule has 1 N–H and O–H groups in total. The lowest BCUT2D eigenvalue weighted by atomic mass is 10.2. The largest absolute Gasteiger partial charge is 0.497 e. The average Bonchev–Trinajstić information content (AvgIpc) is 2.86. The molecule has 34 heavy (non-hydrogen) atoms. The fourth-order valence-electron chi connectivity index (χ4n) is 3.55. The third-order valence-electron chi connectivity index (χ3n) is 5.35. The van der Waals surface area contributed by atoms with Crippen molar-refractivity contribution in [1.29, 1.82) is 0 Å². The molecule has 0 unspecified atom stereocenters. The van der Waals surface area contributed by atoms with Crippen LogP contribution in [0, 0.1) is 6.92 Å². The summed E-state index contributed by atoms with van der Waals surface area (Å²) in [5.74, 6) is 1.20. The van der Waals surface area contributed by atoms with Gasteiger partial charge in [0.25, 0.3) is 15.9 Å². The molecule has 1 atom stereocenters. The smallest absolute Gasteiger partial charge is 0.264 e. The van der Waals surface area contributed by atoms with E-state index in [0.29, 0.717) is 22.9 Å². The third-order valence-corrected chi connectivity index (χ3v) is 7.14. The van der Waals surface area contributed by atoms with Crippen molar-refractivity contribution in [2.24, 2.45) is 0 Å². The Morgan fingerprint density at radius 1 is 1.06 bits per heavy atom. The van der Waals surface area contributed by atoms with E-state index in [1.807, 2.05) is 19.1 Å². The first-order valence-corrected chi connectivity index (χ1v) is 12.2. The van der Waals surface area contributed by atoms with Gasteiger partial charge in [-0.05, 0) is 43.3 Å².